The molecule has 1 amide bonds. The van der Waals surface area contributed by atoms with Crippen molar-refractivity contribution in [2.45, 2.75) is 31.7 Å². The fraction of sp³-hybridized carbons (Fsp3) is 0.545. The molecule has 6 nitrogen and oxygen atoms in total. The Morgan fingerprint density at radius 1 is 1.47 bits per heavy atom. The normalized spacial score (nSPS) is 24.3. The Balaban J connectivity index is 2.05. The highest BCUT2D eigenvalue weighted by Crippen LogP contribution is 2.20. The number of piperidine rings is 1. The van der Waals surface area contributed by atoms with Crippen LogP contribution in [-0.4, -0.2) is 28.2 Å². The number of carbonyl (C=O) groups is 1. The summed E-state index contributed by atoms with van der Waals surface area (Å²) in [5, 5.41) is 11.9. The van der Waals surface area contributed by atoms with Crippen molar-refractivity contribution >= 4 is 11.7 Å². The number of carbonyl (C=O) groups excluding carboxylic acids is 1. The predicted molar refractivity (Wildman–Crippen MR) is 63.7 cm³/mol. The summed E-state index contributed by atoms with van der Waals surface area (Å²) in [5.41, 5.74) is -0.833. The van der Waals surface area contributed by atoms with E-state index >= 15 is 0 Å². The van der Waals surface area contributed by atoms with E-state index in [4.69, 9.17) is 0 Å². The van der Waals surface area contributed by atoms with Crippen LogP contribution in [-0.2, 0) is 4.79 Å². The zero-order chi connectivity index (χ0) is 12.3. The van der Waals surface area contributed by atoms with Gasteiger partial charge in [-0.05, 0) is 38.8 Å². The summed E-state index contributed by atoms with van der Waals surface area (Å²) in [5.74, 6) is 0.250. The Hall–Kier alpha value is -1.69. The Kier molecular flexibility index (Phi) is 3.23. The molecule has 1 fully saturated rings. The van der Waals surface area contributed by atoms with Gasteiger partial charge in [-0.3, -0.25) is 9.59 Å². The molecule has 1 aliphatic heterocycles. The standard InChI is InChI=1S/C11H16N4O2/c1-11(6-2-3-7-12-11)10(17)13-8-4-5-9(16)15-14-8/h4-5,12H,2-3,6-7H2,1H3,(H,15,16)(H,13,14,17). The number of nitrogens with zero attached hydrogens (tertiary/aromatic N) is 1. The predicted octanol–water partition coefficient (Wildman–Crippen LogP) is 0.241. The molecule has 2 rings (SSSR count). The zero-order valence-electron chi connectivity index (χ0n) is 9.75. The van der Waals surface area contributed by atoms with Crippen molar-refractivity contribution in [2.75, 3.05) is 11.9 Å². The molecule has 0 spiro atoms. The lowest BCUT2D eigenvalue weighted by atomic mass is 9.90. The first-order valence-electron chi connectivity index (χ1n) is 5.72. The van der Waals surface area contributed by atoms with Crippen LogP contribution in [0.25, 0.3) is 0 Å². The van der Waals surface area contributed by atoms with Crippen LogP contribution >= 0.6 is 0 Å². The highest BCUT2D eigenvalue weighted by atomic mass is 16.2. The van der Waals surface area contributed by atoms with Crippen LogP contribution < -0.4 is 16.2 Å². The van der Waals surface area contributed by atoms with E-state index in [1.165, 1.54) is 12.1 Å². The average molecular weight is 236 g/mol. The minimum Gasteiger partial charge on any atom is -0.308 e. The molecule has 1 saturated heterocycles. The third-order valence-electron chi connectivity index (χ3n) is 3.04. The van der Waals surface area contributed by atoms with E-state index in [0.29, 0.717) is 5.82 Å². The van der Waals surface area contributed by atoms with Gasteiger partial charge in [-0.15, -0.1) is 0 Å². The first-order valence-corrected chi connectivity index (χ1v) is 5.72. The second-order valence-electron chi connectivity index (χ2n) is 4.48. The van der Waals surface area contributed by atoms with Crippen LogP contribution in [0.15, 0.2) is 16.9 Å². The van der Waals surface area contributed by atoms with E-state index in [1.54, 1.807) is 0 Å². The van der Waals surface area contributed by atoms with Gasteiger partial charge in [0.05, 0.1) is 5.54 Å². The monoisotopic (exact) mass is 236 g/mol. The fourth-order valence-corrected chi connectivity index (χ4v) is 1.92. The van der Waals surface area contributed by atoms with E-state index < -0.39 is 5.54 Å². The van der Waals surface area contributed by atoms with Crippen molar-refractivity contribution in [1.82, 2.24) is 15.5 Å². The van der Waals surface area contributed by atoms with Crippen LogP contribution in [0.1, 0.15) is 26.2 Å². The second-order valence-corrected chi connectivity index (χ2v) is 4.48. The summed E-state index contributed by atoms with van der Waals surface area (Å²) in [6, 6.07) is 2.82. The topological polar surface area (TPSA) is 86.9 Å². The van der Waals surface area contributed by atoms with Crippen molar-refractivity contribution in [3.8, 4) is 0 Å². The Labute approximate surface area is 98.8 Å². The highest BCUT2D eigenvalue weighted by molar-refractivity contribution is 5.97. The molecule has 0 radical (unpaired) electrons. The van der Waals surface area contributed by atoms with Crippen molar-refractivity contribution < 1.29 is 4.79 Å². The summed E-state index contributed by atoms with van der Waals surface area (Å²) in [6.45, 7) is 2.73. The van der Waals surface area contributed by atoms with Gasteiger partial charge in [0.2, 0.25) is 5.91 Å². The third-order valence-corrected chi connectivity index (χ3v) is 3.04. The summed E-state index contributed by atoms with van der Waals surface area (Å²) >= 11 is 0. The number of rotatable bonds is 2. The minimum absolute atomic E-state index is 0.114. The number of nitrogens with one attached hydrogen (secondary N) is 3. The molecule has 0 aliphatic carbocycles. The number of hydrogen-bond acceptors (Lipinski definition) is 4. The molecule has 2 heterocycles. The molecule has 92 valence electrons. The van der Waals surface area contributed by atoms with Gasteiger partial charge < -0.3 is 10.6 Å². The number of amides is 1. The highest BCUT2D eigenvalue weighted by Gasteiger charge is 2.34. The summed E-state index contributed by atoms with van der Waals surface area (Å²) < 4.78 is 0. The van der Waals surface area contributed by atoms with Crippen LogP contribution in [0.2, 0.25) is 0 Å². The molecule has 1 aliphatic rings. The molecule has 0 aromatic carbocycles. The average Bonchev–Trinajstić information content (AvgIpc) is 2.33. The molecule has 6 heteroatoms. The Morgan fingerprint density at radius 3 is 2.88 bits per heavy atom. The zero-order valence-corrected chi connectivity index (χ0v) is 9.75. The molecule has 1 atom stereocenters. The van der Waals surface area contributed by atoms with Gasteiger partial charge in [0.1, 0.15) is 0 Å². The number of aromatic amines is 1. The molecule has 0 saturated carbocycles. The quantitative estimate of drug-likeness (QED) is 0.686. The van der Waals surface area contributed by atoms with Crippen molar-refractivity contribution in [3.63, 3.8) is 0 Å². The van der Waals surface area contributed by atoms with Gasteiger partial charge >= 0.3 is 0 Å². The number of H-pyrrole nitrogens is 1. The second kappa shape index (κ2) is 4.67. The smallest absolute Gasteiger partial charge is 0.264 e. The summed E-state index contributed by atoms with van der Waals surface area (Å²) in [7, 11) is 0. The lowest BCUT2D eigenvalue weighted by Gasteiger charge is -2.33. The Bertz CT molecular complexity index is 442. The van der Waals surface area contributed by atoms with Gasteiger partial charge in [0.25, 0.3) is 5.56 Å². The molecule has 1 aromatic rings. The van der Waals surface area contributed by atoms with E-state index in [2.05, 4.69) is 20.8 Å². The van der Waals surface area contributed by atoms with Crippen LogP contribution in [0.5, 0.6) is 0 Å². The molecule has 1 unspecified atom stereocenters. The maximum absolute atomic E-state index is 12.1. The van der Waals surface area contributed by atoms with Crippen molar-refractivity contribution in [2.24, 2.45) is 0 Å². The van der Waals surface area contributed by atoms with Crippen LogP contribution in [0.3, 0.4) is 0 Å². The molecular weight excluding hydrogens is 220 g/mol. The maximum atomic E-state index is 12.1. The van der Waals surface area contributed by atoms with Gasteiger partial charge in [-0.1, -0.05) is 0 Å². The lowest BCUT2D eigenvalue weighted by molar-refractivity contribution is -0.122. The molecule has 17 heavy (non-hydrogen) atoms. The fourth-order valence-electron chi connectivity index (χ4n) is 1.92. The van der Waals surface area contributed by atoms with E-state index in [-0.39, 0.29) is 11.5 Å². The summed E-state index contributed by atoms with van der Waals surface area (Å²) in [4.78, 5) is 22.9. The SMILES string of the molecule is CC1(C(=O)Nc2ccc(=O)[nH]n2)CCCCN1. The lowest BCUT2D eigenvalue weighted by Crippen LogP contribution is -2.54. The third kappa shape index (κ3) is 2.71. The van der Waals surface area contributed by atoms with Crippen molar-refractivity contribution in [3.05, 3.63) is 22.5 Å². The van der Waals surface area contributed by atoms with Crippen LogP contribution in [0, 0.1) is 0 Å². The van der Waals surface area contributed by atoms with Crippen molar-refractivity contribution in [1.29, 1.82) is 0 Å². The van der Waals surface area contributed by atoms with E-state index in [9.17, 15) is 9.59 Å². The maximum Gasteiger partial charge on any atom is 0.264 e. The van der Waals surface area contributed by atoms with E-state index in [1.807, 2.05) is 6.92 Å². The molecule has 0 bridgehead atoms. The van der Waals surface area contributed by atoms with Gasteiger partial charge in [-0.2, -0.15) is 5.10 Å². The van der Waals surface area contributed by atoms with Gasteiger partial charge in [0.15, 0.2) is 5.82 Å². The molecule has 1 aromatic heterocycles. The molecule has 3 N–H and O–H groups in total. The number of hydrogen-bond donors (Lipinski definition) is 3. The first kappa shape index (κ1) is 11.8. The molecular formula is C11H16N4O2. The minimum atomic E-state index is -0.546. The van der Waals surface area contributed by atoms with Crippen LogP contribution in [0.4, 0.5) is 5.82 Å². The first-order chi connectivity index (χ1) is 8.10. The number of aromatic nitrogens is 2. The van der Waals surface area contributed by atoms with Gasteiger partial charge in [0, 0.05) is 6.07 Å². The number of anilines is 1. The Morgan fingerprint density at radius 2 is 2.29 bits per heavy atom. The largest absolute Gasteiger partial charge is 0.308 e. The van der Waals surface area contributed by atoms with E-state index in [0.717, 1.165) is 25.8 Å². The van der Waals surface area contributed by atoms with Gasteiger partial charge in [-0.25, -0.2) is 5.10 Å². The summed E-state index contributed by atoms with van der Waals surface area (Å²) in [6.07, 6.45) is 2.94.